The van der Waals surface area contributed by atoms with Crippen LogP contribution in [0.25, 0.3) is 0 Å². The summed E-state index contributed by atoms with van der Waals surface area (Å²) < 4.78 is 45.0. The molecule has 1 aromatic carbocycles. The second-order valence-corrected chi connectivity index (χ2v) is 10.7. The van der Waals surface area contributed by atoms with E-state index in [1.165, 1.54) is 36.5 Å². The molecule has 10 nitrogen and oxygen atoms in total. The maximum absolute atomic E-state index is 14.8. The number of ether oxygens (including phenoxy) is 1. The summed E-state index contributed by atoms with van der Waals surface area (Å²) in [6, 6.07) is 7.77. The first-order valence-corrected chi connectivity index (χ1v) is 13.5. The third kappa shape index (κ3) is 6.59. The summed E-state index contributed by atoms with van der Waals surface area (Å²) in [6.45, 7) is 1.42. The molecule has 3 heterocycles. The Morgan fingerprint density at radius 1 is 1.08 bits per heavy atom. The number of nitrogens with one attached hydrogen (secondary N) is 3. The van der Waals surface area contributed by atoms with Gasteiger partial charge in [-0.3, -0.25) is 9.59 Å². The van der Waals surface area contributed by atoms with Crippen molar-refractivity contribution in [3.8, 4) is 5.75 Å². The minimum absolute atomic E-state index is 0.0279. The van der Waals surface area contributed by atoms with Crippen LogP contribution in [0.1, 0.15) is 33.7 Å². The molecule has 37 heavy (non-hydrogen) atoms. The van der Waals surface area contributed by atoms with Gasteiger partial charge in [0.25, 0.3) is 11.8 Å². The molecule has 13 heteroatoms. The topological polar surface area (TPSA) is 139 Å². The van der Waals surface area contributed by atoms with Crippen LogP contribution in [0.2, 0.25) is 5.02 Å². The zero-order valence-corrected chi connectivity index (χ0v) is 21.2. The molecule has 1 fully saturated rings. The van der Waals surface area contributed by atoms with E-state index >= 15 is 0 Å². The van der Waals surface area contributed by atoms with Crippen LogP contribution in [0.5, 0.6) is 5.75 Å². The zero-order valence-electron chi connectivity index (χ0n) is 19.6. The molecular formula is C24H23ClFN5O5S. The smallest absolute Gasteiger partial charge is 0.277 e. The predicted octanol–water partition coefficient (Wildman–Crippen LogP) is 3.31. The fourth-order valence-corrected chi connectivity index (χ4v) is 4.39. The summed E-state index contributed by atoms with van der Waals surface area (Å²) in [5.74, 6) is -2.34. The third-order valence-corrected chi connectivity index (χ3v) is 6.86. The van der Waals surface area contributed by atoms with Crippen LogP contribution in [0.4, 0.5) is 15.9 Å². The van der Waals surface area contributed by atoms with E-state index in [0.717, 1.165) is 18.5 Å². The molecule has 1 saturated heterocycles. The first-order chi connectivity index (χ1) is 17.6. The quantitative estimate of drug-likeness (QED) is 0.409. The van der Waals surface area contributed by atoms with Crippen molar-refractivity contribution < 1.29 is 27.1 Å². The molecule has 3 aromatic rings. The number of hydrogen-bond acceptors (Lipinski definition) is 8. The van der Waals surface area contributed by atoms with Crippen molar-refractivity contribution in [1.82, 2.24) is 15.3 Å². The molecule has 0 aliphatic carbocycles. The second kappa shape index (κ2) is 11.2. The average Bonchev–Trinajstić information content (AvgIpc) is 2.86. The van der Waals surface area contributed by atoms with Crippen LogP contribution >= 0.6 is 11.6 Å². The van der Waals surface area contributed by atoms with Crippen LogP contribution in [0.3, 0.4) is 0 Å². The van der Waals surface area contributed by atoms with Crippen molar-refractivity contribution in [3.63, 3.8) is 0 Å². The number of halogens is 2. The van der Waals surface area contributed by atoms with Gasteiger partial charge in [-0.1, -0.05) is 11.6 Å². The average molecular weight is 548 g/mol. The first kappa shape index (κ1) is 26.5. The summed E-state index contributed by atoms with van der Waals surface area (Å²) in [6.07, 6.45) is 4.52. The Kier molecular flexibility index (Phi) is 8.00. The van der Waals surface area contributed by atoms with E-state index in [-0.39, 0.29) is 28.1 Å². The van der Waals surface area contributed by atoms with E-state index in [1.807, 2.05) is 0 Å². The molecule has 194 valence electrons. The maximum atomic E-state index is 14.8. The van der Waals surface area contributed by atoms with Gasteiger partial charge in [0.15, 0.2) is 21.3 Å². The van der Waals surface area contributed by atoms with Gasteiger partial charge in [-0.05, 0) is 62.3 Å². The highest BCUT2D eigenvalue weighted by Crippen LogP contribution is 2.28. The van der Waals surface area contributed by atoms with Crippen LogP contribution in [-0.2, 0) is 9.84 Å². The van der Waals surface area contributed by atoms with Crippen LogP contribution in [-0.4, -0.2) is 55.6 Å². The lowest BCUT2D eigenvalue weighted by atomic mass is 10.1. The van der Waals surface area contributed by atoms with Crippen molar-refractivity contribution >= 4 is 44.8 Å². The van der Waals surface area contributed by atoms with Crippen LogP contribution in [0.15, 0.2) is 53.7 Å². The Hall–Kier alpha value is -3.61. The standard InChI is InChI=1S/C24H23ClFN5O5S/c1-37(34,35)16-3-4-17(19(12-16)36-15-6-9-27-10-7-15)23(32)31-21-18(26)8-11-28-22(21)24(33)30-20-5-2-14(25)13-29-20/h2-5,8,11-13,15,27H,6-7,9-10H2,1H3,(H,31,32)(H,29,30,33). The summed E-state index contributed by atoms with van der Waals surface area (Å²) in [7, 11) is -3.59. The number of hydrogen-bond donors (Lipinski definition) is 3. The van der Waals surface area contributed by atoms with Crippen molar-refractivity contribution in [2.75, 3.05) is 30.0 Å². The Balaban J connectivity index is 1.63. The largest absolute Gasteiger partial charge is 0.489 e. The van der Waals surface area contributed by atoms with Gasteiger partial charge in [-0.15, -0.1) is 0 Å². The van der Waals surface area contributed by atoms with Gasteiger partial charge in [0.05, 0.1) is 15.5 Å². The molecule has 0 spiro atoms. The van der Waals surface area contributed by atoms with Gasteiger partial charge < -0.3 is 20.7 Å². The summed E-state index contributed by atoms with van der Waals surface area (Å²) in [5.41, 5.74) is -0.877. The molecule has 1 aliphatic heterocycles. The lowest BCUT2D eigenvalue weighted by molar-refractivity contribution is 0.101. The van der Waals surface area contributed by atoms with E-state index in [9.17, 15) is 22.4 Å². The third-order valence-electron chi connectivity index (χ3n) is 5.53. The normalized spacial score (nSPS) is 14.1. The van der Waals surface area contributed by atoms with Crippen molar-refractivity contribution in [2.45, 2.75) is 23.8 Å². The van der Waals surface area contributed by atoms with Crippen LogP contribution < -0.4 is 20.7 Å². The Bertz CT molecular complexity index is 1430. The van der Waals surface area contributed by atoms with E-state index in [0.29, 0.717) is 31.0 Å². The summed E-state index contributed by atoms with van der Waals surface area (Å²) in [5, 5.41) is 8.41. The van der Waals surface area contributed by atoms with Crippen molar-refractivity contribution in [3.05, 3.63) is 70.9 Å². The SMILES string of the molecule is CS(=O)(=O)c1ccc(C(=O)Nc2c(F)ccnc2C(=O)Nc2ccc(Cl)cn2)c(OC2CCNCC2)c1. The summed E-state index contributed by atoms with van der Waals surface area (Å²) in [4.78, 5) is 33.9. The zero-order chi connectivity index (χ0) is 26.6. The Labute approximate surface area is 217 Å². The Morgan fingerprint density at radius 3 is 2.51 bits per heavy atom. The summed E-state index contributed by atoms with van der Waals surface area (Å²) >= 11 is 5.80. The van der Waals surface area contributed by atoms with Gasteiger partial charge >= 0.3 is 0 Å². The number of anilines is 2. The molecule has 2 amide bonds. The van der Waals surface area contributed by atoms with E-state index < -0.39 is 38.9 Å². The van der Waals surface area contributed by atoms with E-state index in [4.69, 9.17) is 16.3 Å². The van der Waals surface area contributed by atoms with Gasteiger partial charge in [0, 0.05) is 18.6 Å². The number of amides is 2. The number of sulfone groups is 1. The van der Waals surface area contributed by atoms with Gasteiger partial charge in [-0.25, -0.2) is 22.8 Å². The van der Waals surface area contributed by atoms with Crippen molar-refractivity contribution in [2.24, 2.45) is 0 Å². The molecule has 3 N–H and O–H groups in total. The van der Waals surface area contributed by atoms with Crippen molar-refractivity contribution in [1.29, 1.82) is 0 Å². The lowest BCUT2D eigenvalue weighted by Gasteiger charge is -2.25. The van der Waals surface area contributed by atoms with E-state index in [1.54, 1.807) is 0 Å². The molecule has 0 atom stereocenters. The molecule has 0 radical (unpaired) electrons. The predicted molar refractivity (Wildman–Crippen MR) is 135 cm³/mol. The monoisotopic (exact) mass is 547 g/mol. The maximum Gasteiger partial charge on any atom is 0.277 e. The minimum atomic E-state index is -3.59. The molecule has 0 unspecified atom stereocenters. The highest BCUT2D eigenvalue weighted by Gasteiger charge is 2.25. The number of piperidine rings is 1. The fourth-order valence-electron chi connectivity index (χ4n) is 3.65. The number of aromatic nitrogens is 2. The van der Waals surface area contributed by atoms with Gasteiger partial charge in [0.2, 0.25) is 0 Å². The number of nitrogens with zero attached hydrogens (tertiary/aromatic N) is 2. The molecule has 0 saturated carbocycles. The number of carbonyl (C=O) groups excluding carboxylic acids is 2. The highest BCUT2D eigenvalue weighted by molar-refractivity contribution is 7.90. The number of rotatable bonds is 7. The van der Waals surface area contributed by atoms with E-state index in [2.05, 4.69) is 25.9 Å². The fraction of sp³-hybridized carbons (Fsp3) is 0.250. The number of benzene rings is 1. The number of pyridine rings is 2. The highest BCUT2D eigenvalue weighted by atomic mass is 35.5. The second-order valence-electron chi connectivity index (χ2n) is 8.28. The first-order valence-electron chi connectivity index (χ1n) is 11.2. The molecule has 1 aliphatic rings. The minimum Gasteiger partial charge on any atom is -0.489 e. The molecule has 2 aromatic heterocycles. The molecular weight excluding hydrogens is 525 g/mol. The molecule has 0 bridgehead atoms. The van der Waals surface area contributed by atoms with Gasteiger partial charge in [-0.2, -0.15) is 0 Å². The molecule has 4 rings (SSSR count). The lowest BCUT2D eigenvalue weighted by Crippen LogP contribution is -2.34. The number of carbonyl (C=O) groups is 2. The van der Waals surface area contributed by atoms with Crippen LogP contribution in [0, 0.1) is 5.82 Å². The Morgan fingerprint density at radius 2 is 1.84 bits per heavy atom. The van der Waals surface area contributed by atoms with Gasteiger partial charge in [0.1, 0.15) is 23.4 Å².